The van der Waals surface area contributed by atoms with Crippen molar-refractivity contribution < 1.29 is 9.31 Å². The van der Waals surface area contributed by atoms with Crippen molar-refractivity contribution in [3.63, 3.8) is 0 Å². The normalized spacial score (nSPS) is 14.1. The van der Waals surface area contributed by atoms with Gasteiger partial charge < -0.3 is 9.80 Å². The van der Waals surface area contributed by atoms with E-state index in [9.17, 15) is 14.5 Å². The van der Waals surface area contributed by atoms with E-state index in [-0.39, 0.29) is 16.5 Å². The van der Waals surface area contributed by atoms with Crippen LogP contribution in [0.1, 0.15) is 0 Å². The van der Waals surface area contributed by atoms with Gasteiger partial charge in [-0.05, 0) is 48.5 Å². The standard InChI is InChI=1S/C20H17ClFN5O2S/c21-14-1-7-17(8-2-14)30-20-18(27(28)29)19(23-13-24-20)26-11-9-25(10-12-26)16-5-3-15(22)4-6-16/h1-8,13H,9-12H2. The zero-order valence-electron chi connectivity index (χ0n) is 15.7. The minimum atomic E-state index is -0.431. The van der Waals surface area contributed by atoms with E-state index >= 15 is 0 Å². The van der Waals surface area contributed by atoms with E-state index in [0.717, 1.165) is 10.6 Å². The molecule has 1 aromatic heterocycles. The summed E-state index contributed by atoms with van der Waals surface area (Å²) in [5, 5.41) is 12.7. The molecule has 4 rings (SSSR count). The van der Waals surface area contributed by atoms with Crippen molar-refractivity contribution in [1.29, 1.82) is 0 Å². The molecule has 0 saturated carbocycles. The van der Waals surface area contributed by atoms with Gasteiger partial charge in [0.25, 0.3) is 0 Å². The fraction of sp³-hybridized carbons (Fsp3) is 0.200. The number of halogens is 2. The Labute approximate surface area is 181 Å². The second kappa shape index (κ2) is 8.85. The molecule has 0 unspecified atom stereocenters. The largest absolute Gasteiger partial charge is 0.368 e. The van der Waals surface area contributed by atoms with Gasteiger partial charge in [0.2, 0.25) is 5.82 Å². The van der Waals surface area contributed by atoms with Gasteiger partial charge in [0.1, 0.15) is 12.1 Å². The van der Waals surface area contributed by atoms with Gasteiger partial charge in [-0.2, -0.15) is 0 Å². The zero-order chi connectivity index (χ0) is 21.1. The van der Waals surface area contributed by atoms with Crippen molar-refractivity contribution >= 4 is 40.6 Å². The number of nitrogens with zero attached hydrogens (tertiary/aromatic N) is 5. The molecule has 0 radical (unpaired) electrons. The van der Waals surface area contributed by atoms with Gasteiger partial charge >= 0.3 is 5.69 Å². The van der Waals surface area contributed by atoms with Crippen LogP contribution in [0.25, 0.3) is 0 Å². The van der Waals surface area contributed by atoms with Gasteiger partial charge in [-0.25, -0.2) is 14.4 Å². The van der Waals surface area contributed by atoms with E-state index in [4.69, 9.17) is 11.6 Å². The third kappa shape index (κ3) is 4.47. The van der Waals surface area contributed by atoms with Crippen molar-refractivity contribution in [3.05, 3.63) is 75.8 Å². The van der Waals surface area contributed by atoms with Crippen LogP contribution in [0.4, 0.5) is 21.6 Å². The van der Waals surface area contributed by atoms with E-state index in [1.54, 1.807) is 36.4 Å². The molecule has 154 valence electrons. The average molecular weight is 446 g/mol. The molecule has 30 heavy (non-hydrogen) atoms. The van der Waals surface area contributed by atoms with Crippen molar-refractivity contribution in [1.82, 2.24) is 9.97 Å². The number of anilines is 2. The lowest BCUT2D eigenvalue weighted by Gasteiger charge is -2.36. The van der Waals surface area contributed by atoms with E-state index in [0.29, 0.717) is 37.0 Å². The van der Waals surface area contributed by atoms with Gasteiger partial charge in [0, 0.05) is 41.8 Å². The predicted octanol–water partition coefficient (Wildman–Crippen LogP) is 4.66. The molecule has 3 aromatic rings. The van der Waals surface area contributed by atoms with Crippen molar-refractivity contribution in [2.24, 2.45) is 0 Å². The van der Waals surface area contributed by atoms with Crippen LogP contribution in [-0.2, 0) is 0 Å². The molecule has 0 spiro atoms. The molecule has 1 saturated heterocycles. The number of piperazine rings is 1. The van der Waals surface area contributed by atoms with Crippen LogP contribution >= 0.6 is 23.4 Å². The monoisotopic (exact) mass is 445 g/mol. The first-order valence-electron chi connectivity index (χ1n) is 9.19. The van der Waals surface area contributed by atoms with Crippen LogP contribution in [0.5, 0.6) is 0 Å². The third-order valence-electron chi connectivity index (χ3n) is 4.75. The number of hydrogen-bond donors (Lipinski definition) is 0. The highest BCUT2D eigenvalue weighted by molar-refractivity contribution is 7.99. The topological polar surface area (TPSA) is 75.4 Å². The molecule has 7 nitrogen and oxygen atoms in total. The molecule has 10 heteroatoms. The van der Waals surface area contributed by atoms with Crippen LogP contribution in [-0.4, -0.2) is 41.1 Å². The molecule has 1 fully saturated rings. The number of hydrogen-bond acceptors (Lipinski definition) is 7. The van der Waals surface area contributed by atoms with Gasteiger partial charge in [-0.15, -0.1) is 0 Å². The van der Waals surface area contributed by atoms with Crippen molar-refractivity contribution in [2.45, 2.75) is 9.92 Å². The molecule has 1 aliphatic rings. The summed E-state index contributed by atoms with van der Waals surface area (Å²) in [6.07, 6.45) is 1.35. The highest BCUT2D eigenvalue weighted by atomic mass is 35.5. The number of aromatic nitrogens is 2. The second-order valence-corrected chi connectivity index (χ2v) is 8.11. The van der Waals surface area contributed by atoms with Crippen molar-refractivity contribution in [2.75, 3.05) is 36.0 Å². The lowest BCUT2D eigenvalue weighted by molar-refractivity contribution is -0.387. The average Bonchev–Trinajstić information content (AvgIpc) is 2.76. The van der Waals surface area contributed by atoms with E-state index in [1.165, 1.54) is 30.2 Å². The zero-order valence-corrected chi connectivity index (χ0v) is 17.3. The maximum atomic E-state index is 13.2. The lowest BCUT2D eigenvalue weighted by Crippen LogP contribution is -2.47. The summed E-state index contributed by atoms with van der Waals surface area (Å²) in [6.45, 7) is 2.40. The molecule has 0 bridgehead atoms. The Balaban J connectivity index is 1.54. The first-order valence-corrected chi connectivity index (χ1v) is 10.4. The number of nitro groups is 1. The summed E-state index contributed by atoms with van der Waals surface area (Å²) < 4.78 is 13.2. The Kier molecular flexibility index (Phi) is 6.01. The first kappa shape index (κ1) is 20.4. The van der Waals surface area contributed by atoms with Crippen LogP contribution in [0.15, 0.2) is 64.8 Å². The van der Waals surface area contributed by atoms with Gasteiger partial charge in [-0.3, -0.25) is 10.1 Å². The minimum Gasteiger partial charge on any atom is -0.368 e. The Morgan fingerprint density at radius 2 is 1.60 bits per heavy atom. The summed E-state index contributed by atoms with van der Waals surface area (Å²) >= 11 is 7.12. The summed E-state index contributed by atoms with van der Waals surface area (Å²) in [4.78, 5) is 24.6. The van der Waals surface area contributed by atoms with Crippen LogP contribution in [0.3, 0.4) is 0 Å². The van der Waals surface area contributed by atoms with E-state index in [1.807, 2.05) is 4.90 Å². The number of benzene rings is 2. The van der Waals surface area contributed by atoms with Crippen LogP contribution in [0, 0.1) is 15.9 Å². The summed E-state index contributed by atoms with van der Waals surface area (Å²) in [7, 11) is 0. The second-order valence-electron chi connectivity index (χ2n) is 6.61. The maximum Gasteiger partial charge on any atom is 0.343 e. The molecular weight excluding hydrogens is 429 g/mol. The van der Waals surface area contributed by atoms with Crippen molar-refractivity contribution in [3.8, 4) is 0 Å². The smallest absolute Gasteiger partial charge is 0.343 e. The number of rotatable bonds is 5. The fourth-order valence-corrected chi connectivity index (χ4v) is 4.25. The van der Waals surface area contributed by atoms with Crippen LogP contribution < -0.4 is 9.80 Å². The van der Waals surface area contributed by atoms with Gasteiger partial charge in [0.15, 0.2) is 5.03 Å². The molecule has 0 atom stereocenters. The lowest BCUT2D eigenvalue weighted by atomic mass is 10.2. The summed E-state index contributed by atoms with van der Waals surface area (Å²) in [6, 6.07) is 13.4. The Bertz CT molecular complexity index is 1040. The molecule has 2 aromatic carbocycles. The summed E-state index contributed by atoms with van der Waals surface area (Å²) in [5.41, 5.74) is 0.819. The molecule has 0 N–H and O–H groups in total. The van der Waals surface area contributed by atoms with Gasteiger partial charge in [-0.1, -0.05) is 23.4 Å². The fourth-order valence-electron chi connectivity index (χ4n) is 3.26. The molecule has 0 aliphatic carbocycles. The minimum absolute atomic E-state index is 0.104. The molecule has 1 aliphatic heterocycles. The van der Waals surface area contributed by atoms with E-state index in [2.05, 4.69) is 14.9 Å². The highest BCUT2D eigenvalue weighted by Gasteiger charge is 2.29. The predicted molar refractivity (Wildman–Crippen MR) is 115 cm³/mol. The van der Waals surface area contributed by atoms with Crippen LogP contribution in [0.2, 0.25) is 5.02 Å². The third-order valence-corrected chi connectivity index (χ3v) is 6.00. The summed E-state index contributed by atoms with van der Waals surface area (Å²) in [5.74, 6) is 0.0323. The highest BCUT2D eigenvalue weighted by Crippen LogP contribution is 2.38. The molecule has 2 heterocycles. The Morgan fingerprint density at radius 1 is 0.967 bits per heavy atom. The SMILES string of the molecule is O=[N+]([O-])c1c(Sc2ccc(Cl)cc2)ncnc1N1CCN(c2ccc(F)cc2)CC1. The maximum absolute atomic E-state index is 13.2. The molecular formula is C20H17ClFN5O2S. The van der Waals surface area contributed by atoms with Gasteiger partial charge in [0.05, 0.1) is 4.92 Å². The Hall–Kier alpha value is -2.91. The quantitative estimate of drug-likeness (QED) is 0.321. The molecule has 0 amide bonds. The van der Waals surface area contributed by atoms with E-state index < -0.39 is 4.92 Å². The first-order chi connectivity index (χ1) is 14.5. The Morgan fingerprint density at radius 3 is 2.23 bits per heavy atom.